The summed E-state index contributed by atoms with van der Waals surface area (Å²) in [6, 6.07) is 30.0. The van der Waals surface area contributed by atoms with Gasteiger partial charge >= 0.3 is 76.1 Å². The number of para-hydroxylation sites is 2. The maximum Gasteiger partial charge on any atom is 1.00 e. The number of hydrogen-bond acceptors (Lipinski definition) is 21. The van der Waals surface area contributed by atoms with Crippen LogP contribution in [0.1, 0.15) is 174 Å². The van der Waals surface area contributed by atoms with Gasteiger partial charge in [0.1, 0.15) is 55.3 Å². The Balaban J connectivity index is -0.000000300. The zero-order valence-corrected chi connectivity index (χ0v) is 74.2. The maximum atomic E-state index is 13.0. The van der Waals surface area contributed by atoms with Crippen LogP contribution in [0.3, 0.4) is 0 Å². The molecule has 0 fully saturated rings. The van der Waals surface area contributed by atoms with Crippen LogP contribution in [0.5, 0.6) is 0 Å². The summed E-state index contributed by atoms with van der Waals surface area (Å²) < 4.78 is 41.1. The smallest absolute Gasteiger partial charge is 0.625 e. The molecule has 0 radical (unpaired) electrons. The summed E-state index contributed by atoms with van der Waals surface area (Å²) in [5.74, 6) is -7.48. The Morgan fingerprint density at radius 2 is 1.07 bits per heavy atom. The van der Waals surface area contributed by atoms with E-state index in [1.165, 1.54) is 19.9 Å². The number of nitrogens with two attached hydrogens (primary N) is 4. The van der Waals surface area contributed by atoms with E-state index in [1.807, 2.05) is 80.5 Å². The van der Waals surface area contributed by atoms with Gasteiger partial charge in [0.15, 0.2) is 23.1 Å². The molecular formula is C79H119Cl2F2N10O18Rb. The molecule has 112 heavy (non-hydrogen) atoms. The van der Waals surface area contributed by atoms with Crippen LogP contribution in [0.25, 0.3) is 5.32 Å². The average molecular weight is 1690 g/mol. The fraction of sp³-hybridized carbons (Fsp3) is 0.481. The van der Waals surface area contributed by atoms with Gasteiger partial charge in [-0.15, -0.1) is 5.69 Å². The molecule has 0 aliphatic heterocycles. The van der Waals surface area contributed by atoms with Gasteiger partial charge in [0, 0.05) is 57.7 Å². The SMILES string of the molecule is CC.CC.CC(C)(N)C(=O)O.CC(C)C(=O)COCC(=O)[N-]c1ccccc1.CC(C)C(=O)c1c(F)cccc1F.CC(C)C(=O)c1cc(Cl)cc(Cl)c1.CC(C)C(=O)c1ccccn1.CCCC[C@H](N)C(=O)O.CNCC(=O)O.NCCCC[C@H](N)C(=O)NC(=O)COCCNC(=O)COCC(=O)Nc1ccccc1.[Rb+]. The number of rotatable bonds is 34. The molecule has 15 N–H and O–H groups in total. The average Bonchev–Trinajstić information content (AvgIpc) is 0.842. The number of nitrogens with zero attached hydrogens (tertiary/aromatic N) is 2. The molecule has 622 valence electrons. The monoisotopic (exact) mass is 1690 g/mol. The topological polar surface area (TPSA) is 472 Å². The standard InChI is InChI=1S/C20H31N5O6.C13H17NO3.C10H10Cl2O.C10H10F2O.C9H11NO.C6H13NO2.C4H9NO2.C3H7NO2.2C2H6.Rb/c21-9-5-4-8-16(22)20(29)25-19(28)13-30-11-10-23-17(26)12-31-14-18(27)24-15-6-2-1-3-7-15;1-10(2)12(15)8-17-9-13(16)14-11-6-4-3-5-7-11;1-6(2)10(13)7-3-8(11)5-9(12)4-7;1-6(2)10(13)9-7(11)4-3-5-8(9)12;1-7(2)9(11)8-5-3-4-6-10-8;1-2-3-4-5(7)6(8)9;1-4(2,5)3(6)7;1-4-2-3(5)6;2*1-2;/h1-3,6-7,16H,4-5,8-14,21-22H2,(H,23,26)(H,24,27)(H,25,28,29);3-7,10H,8-9H2,1-2H3,(H,14,16);2*3-6H,1-2H3;3-7H,1-2H3;5H,2-4,7H2,1H3,(H,8,9);5H2,1-2H3,(H,6,7);4H,2H2,1H3,(H,5,6);2*1-2H3;/q;;;;;;;;;;+1/p-1/t16-;;;;;5-;;;;;/m0....0...../s1. The van der Waals surface area contributed by atoms with Crippen LogP contribution in [0.4, 0.5) is 20.2 Å². The molecule has 2 atom stereocenters. The van der Waals surface area contributed by atoms with Gasteiger partial charge in [0.2, 0.25) is 17.7 Å². The number of aromatic nitrogens is 1. The van der Waals surface area contributed by atoms with Crippen LogP contribution in [-0.2, 0) is 57.4 Å². The molecule has 0 aliphatic carbocycles. The van der Waals surface area contributed by atoms with Gasteiger partial charge in [-0.25, -0.2) is 8.78 Å². The number of benzene rings is 4. The molecule has 0 spiro atoms. The first-order valence-corrected chi connectivity index (χ1v) is 36.7. The Morgan fingerprint density at radius 1 is 0.589 bits per heavy atom. The molecule has 33 heteroatoms. The van der Waals surface area contributed by atoms with Crippen LogP contribution >= 0.6 is 23.2 Å². The van der Waals surface area contributed by atoms with Gasteiger partial charge in [0.05, 0.1) is 37.3 Å². The summed E-state index contributed by atoms with van der Waals surface area (Å²) in [4.78, 5) is 137. The van der Waals surface area contributed by atoms with Crippen molar-refractivity contribution in [1.82, 2.24) is 20.9 Å². The molecule has 0 saturated carbocycles. The second kappa shape index (κ2) is 71.4. The van der Waals surface area contributed by atoms with Crippen molar-refractivity contribution in [3.63, 3.8) is 0 Å². The molecule has 5 amide bonds. The minimum atomic E-state index is -1.08. The van der Waals surface area contributed by atoms with Crippen LogP contribution < -0.4 is 102 Å². The summed E-state index contributed by atoms with van der Waals surface area (Å²) in [5, 5.41) is 38.9. The number of anilines is 1. The summed E-state index contributed by atoms with van der Waals surface area (Å²) in [6.07, 6.45) is 6.03. The van der Waals surface area contributed by atoms with Crippen molar-refractivity contribution >= 4 is 105 Å². The van der Waals surface area contributed by atoms with Crippen molar-refractivity contribution in [2.45, 2.75) is 160 Å². The van der Waals surface area contributed by atoms with Gasteiger partial charge in [-0.3, -0.25) is 63.0 Å². The quantitative estimate of drug-likeness (QED) is 0.0135. The molecule has 0 unspecified atom stereocenters. The third-order valence-corrected chi connectivity index (χ3v) is 13.4. The van der Waals surface area contributed by atoms with E-state index in [0.29, 0.717) is 58.5 Å². The number of aliphatic carboxylic acids is 3. The zero-order chi connectivity index (χ0) is 86.2. The summed E-state index contributed by atoms with van der Waals surface area (Å²) >= 11 is 11.5. The van der Waals surface area contributed by atoms with E-state index in [-0.39, 0.29) is 158 Å². The van der Waals surface area contributed by atoms with Gasteiger partial charge < -0.3 is 78.5 Å². The minimum absolute atomic E-state index is 0. The number of pyridine rings is 1. The number of carboxylic acids is 3. The largest absolute Gasteiger partial charge is 1.00 e. The maximum absolute atomic E-state index is 13.0. The molecule has 5 rings (SSSR count). The third kappa shape index (κ3) is 64.0. The Bertz CT molecular complexity index is 3440. The number of carboxylic acid groups (broad SMARTS) is 3. The van der Waals surface area contributed by atoms with Gasteiger partial charge in [-0.05, 0) is 101 Å². The number of imide groups is 1. The van der Waals surface area contributed by atoms with Crippen LogP contribution in [-0.4, -0.2) is 175 Å². The van der Waals surface area contributed by atoms with Crippen molar-refractivity contribution in [3.8, 4) is 0 Å². The second-order valence-electron chi connectivity index (χ2n) is 24.6. The Labute approximate surface area is 717 Å². The van der Waals surface area contributed by atoms with E-state index >= 15 is 0 Å². The number of unbranched alkanes of at least 4 members (excludes halogenated alkanes) is 2. The first kappa shape index (κ1) is 115. The van der Waals surface area contributed by atoms with E-state index < -0.39 is 82.2 Å². The fourth-order valence-electron chi connectivity index (χ4n) is 6.98. The van der Waals surface area contributed by atoms with Crippen molar-refractivity contribution in [3.05, 3.63) is 165 Å². The molecule has 0 aliphatic rings. The summed E-state index contributed by atoms with van der Waals surface area (Å²) in [5.41, 5.74) is 22.2. The van der Waals surface area contributed by atoms with Crippen LogP contribution in [0, 0.1) is 35.3 Å². The van der Waals surface area contributed by atoms with Crippen LogP contribution in [0.2, 0.25) is 10.0 Å². The predicted molar refractivity (Wildman–Crippen MR) is 429 cm³/mol. The van der Waals surface area contributed by atoms with E-state index in [0.717, 1.165) is 31.4 Å². The number of halogens is 4. The molecule has 0 bridgehead atoms. The molecule has 28 nitrogen and oxygen atoms in total. The number of carbonyl (C=O) groups is 12. The van der Waals surface area contributed by atoms with Gasteiger partial charge in [-0.2, -0.15) is 0 Å². The van der Waals surface area contributed by atoms with Crippen molar-refractivity contribution < 1.29 is 154 Å². The number of Topliss-reactive ketones (excluding diaryl/α,β-unsaturated/α-hetero) is 4. The van der Waals surface area contributed by atoms with E-state index in [9.17, 15) is 66.3 Å². The molecule has 4 aromatic carbocycles. The number of carbonyl (C=O) groups excluding carboxylic acids is 9. The van der Waals surface area contributed by atoms with Crippen molar-refractivity contribution in [1.29, 1.82) is 0 Å². The first-order valence-electron chi connectivity index (χ1n) is 35.9. The molecule has 5 aromatic rings. The van der Waals surface area contributed by atoms with E-state index in [2.05, 4.69) is 31.6 Å². The number of amides is 5. The normalized spacial score (nSPS) is 10.5. The molecule has 1 heterocycles. The second-order valence-corrected chi connectivity index (χ2v) is 25.5. The summed E-state index contributed by atoms with van der Waals surface area (Å²) in [6.45, 7) is 26.8. The number of ketones is 4. The predicted octanol–water partition coefficient (Wildman–Crippen LogP) is 8.63. The number of nitrogens with one attached hydrogen (secondary N) is 4. The third-order valence-electron chi connectivity index (χ3n) is 12.9. The van der Waals surface area contributed by atoms with Crippen molar-refractivity contribution in [2.75, 3.05) is 71.6 Å². The number of ether oxygens (including phenoxy) is 3. The molecule has 1 aromatic heterocycles. The minimum Gasteiger partial charge on any atom is -0.625 e. The van der Waals surface area contributed by atoms with E-state index in [1.54, 1.807) is 120 Å². The molecule has 0 saturated heterocycles. The Morgan fingerprint density at radius 3 is 1.51 bits per heavy atom. The first-order chi connectivity index (χ1) is 52.2. The zero-order valence-electron chi connectivity index (χ0n) is 67.8. The van der Waals surface area contributed by atoms with Crippen LogP contribution in [0.15, 0.2) is 121 Å². The number of hydrogen-bond donors (Lipinski definition) is 11. The van der Waals surface area contributed by atoms with E-state index in [4.69, 9.17) is 75.7 Å². The van der Waals surface area contributed by atoms with Gasteiger partial charge in [-0.1, -0.05) is 193 Å². The fourth-order valence-corrected chi connectivity index (χ4v) is 7.50. The van der Waals surface area contributed by atoms with Gasteiger partial charge in [0.25, 0.3) is 5.91 Å². The Kier molecular flexibility index (Phi) is 73.6. The Hall–Kier alpha value is -7.40. The molecular weight excluding hydrogens is 1570 g/mol. The number of likely N-dealkylation sites (N-methyl/N-ethyl adjacent to an activating group) is 1. The van der Waals surface area contributed by atoms with Crippen molar-refractivity contribution in [2.24, 2.45) is 46.6 Å². The summed E-state index contributed by atoms with van der Waals surface area (Å²) in [7, 11) is 1.59.